The van der Waals surface area contributed by atoms with Gasteiger partial charge in [-0.2, -0.15) is 0 Å². The van der Waals surface area contributed by atoms with Crippen LogP contribution in [-0.4, -0.2) is 49.0 Å². The van der Waals surface area contributed by atoms with Gasteiger partial charge in [0.05, 0.1) is 11.9 Å². The van der Waals surface area contributed by atoms with Gasteiger partial charge in [-0.05, 0) is 80.2 Å². The highest BCUT2D eigenvalue weighted by molar-refractivity contribution is 7.88. The fourth-order valence-electron chi connectivity index (χ4n) is 7.21. The summed E-state index contributed by atoms with van der Waals surface area (Å²) in [6.07, 6.45) is 8.88. The van der Waals surface area contributed by atoms with Gasteiger partial charge >= 0.3 is 0 Å². The molecule has 4 N–H and O–H groups in total. The lowest BCUT2D eigenvalue weighted by molar-refractivity contribution is -0.0503. The molecule has 0 aliphatic heterocycles. The summed E-state index contributed by atoms with van der Waals surface area (Å²) in [5.74, 6) is 1.48. The highest BCUT2D eigenvalue weighted by Gasteiger charge is 2.50. The van der Waals surface area contributed by atoms with E-state index in [0.29, 0.717) is 23.6 Å². The van der Waals surface area contributed by atoms with Crippen LogP contribution in [0.15, 0.2) is 12.1 Å². The number of amides is 2. The van der Waals surface area contributed by atoms with Crippen LogP contribution in [-0.2, 0) is 16.4 Å². The number of nitrogens with zero attached hydrogens (tertiary/aromatic N) is 2. The molecule has 0 aromatic carbocycles. The molecule has 0 atom stereocenters. The van der Waals surface area contributed by atoms with Gasteiger partial charge in [0.2, 0.25) is 10.0 Å². The zero-order valence-electron chi connectivity index (χ0n) is 19.8. The Kier molecular flexibility index (Phi) is 5.71. The number of fused-ring (bicyclic) bond motifs is 1. The van der Waals surface area contributed by atoms with Crippen molar-refractivity contribution in [3.63, 3.8) is 0 Å². The summed E-state index contributed by atoms with van der Waals surface area (Å²) in [5, 5.41) is 3.22. The van der Waals surface area contributed by atoms with Crippen molar-refractivity contribution in [1.82, 2.24) is 19.4 Å². The van der Waals surface area contributed by atoms with Crippen molar-refractivity contribution in [3.05, 3.63) is 34.8 Å². The summed E-state index contributed by atoms with van der Waals surface area (Å²) in [4.78, 5) is 30.0. The highest BCUT2D eigenvalue weighted by atomic mass is 32.2. The quantitative estimate of drug-likeness (QED) is 0.521. The fraction of sp³-hybridized carbons (Fsp3) is 0.625. The Balaban J connectivity index is 1.44. The molecule has 4 saturated carbocycles. The zero-order chi connectivity index (χ0) is 24.3. The summed E-state index contributed by atoms with van der Waals surface area (Å²) in [5.41, 5.74) is 7.86. The van der Waals surface area contributed by atoms with Gasteiger partial charge in [0.1, 0.15) is 17.0 Å². The SMILES string of the molecule is Cc1ccc2nc(C(N)=O)c(CCNS(C)(=O)=O)n2c1C(=O)NCC12CC3CC(CC(C3)C1)C2. The number of primary amides is 1. The first-order valence-corrected chi connectivity index (χ1v) is 14.0. The second-order valence-corrected chi connectivity index (χ2v) is 12.7. The van der Waals surface area contributed by atoms with Crippen LogP contribution >= 0.6 is 0 Å². The molecule has 0 unspecified atom stereocenters. The molecule has 34 heavy (non-hydrogen) atoms. The van der Waals surface area contributed by atoms with E-state index in [4.69, 9.17) is 5.73 Å². The number of pyridine rings is 1. The van der Waals surface area contributed by atoms with Crippen molar-refractivity contribution in [3.8, 4) is 0 Å². The first-order chi connectivity index (χ1) is 16.0. The molecule has 4 bridgehead atoms. The molecule has 2 amide bonds. The zero-order valence-corrected chi connectivity index (χ0v) is 20.6. The molecule has 0 saturated heterocycles. The lowest BCUT2D eigenvalue weighted by Gasteiger charge is -2.56. The minimum atomic E-state index is -3.40. The normalized spacial score (nSPS) is 27.9. The maximum atomic E-state index is 13.5. The number of hydrogen-bond donors (Lipinski definition) is 3. The summed E-state index contributed by atoms with van der Waals surface area (Å²) in [6, 6.07) is 3.55. The van der Waals surface area contributed by atoms with E-state index in [1.807, 2.05) is 13.0 Å². The molecule has 4 aliphatic rings. The van der Waals surface area contributed by atoms with Crippen molar-refractivity contribution in [1.29, 1.82) is 0 Å². The number of rotatable bonds is 8. The van der Waals surface area contributed by atoms with Crippen LogP contribution in [0.5, 0.6) is 0 Å². The number of aryl methyl sites for hydroxylation is 1. The number of sulfonamides is 1. The van der Waals surface area contributed by atoms with Gasteiger partial charge in [0.25, 0.3) is 11.8 Å². The van der Waals surface area contributed by atoms with Crippen molar-refractivity contribution < 1.29 is 18.0 Å². The third-order valence-corrected chi connectivity index (χ3v) is 8.77. The Morgan fingerprint density at radius 2 is 1.76 bits per heavy atom. The van der Waals surface area contributed by atoms with E-state index < -0.39 is 15.9 Å². The molecule has 9 nitrogen and oxygen atoms in total. The van der Waals surface area contributed by atoms with Crippen LogP contribution in [0.25, 0.3) is 5.65 Å². The minimum absolute atomic E-state index is 0.0519. The topological polar surface area (TPSA) is 136 Å². The maximum Gasteiger partial charge on any atom is 0.269 e. The smallest absolute Gasteiger partial charge is 0.269 e. The molecule has 10 heteroatoms. The van der Waals surface area contributed by atoms with Gasteiger partial charge in [0, 0.05) is 19.5 Å². The Morgan fingerprint density at radius 1 is 1.15 bits per heavy atom. The van der Waals surface area contributed by atoms with Crippen LogP contribution in [0.4, 0.5) is 0 Å². The molecular weight excluding hydrogens is 454 g/mol. The lowest BCUT2D eigenvalue weighted by Crippen LogP contribution is -2.51. The highest BCUT2D eigenvalue weighted by Crippen LogP contribution is 2.59. The second-order valence-electron chi connectivity index (χ2n) is 10.8. The molecular formula is C24H33N5O4S. The summed E-state index contributed by atoms with van der Waals surface area (Å²) < 4.78 is 27.2. The molecule has 2 aromatic rings. The Hall–Kier alpha value is -2.46. The van der Waals surface area contributed by atoms with Crippen molar-refractivity contribution in [2.24, 2.45) is 28.9 Å². The summed E-state index contributed by atoms with van der Waals surface area (Å²) in [7, 11) is -3.40. The van der Waals surface area contributed by atoms with Crippen LogP contribution in [0.1, 0.15) is 70.8 Å². The van der Waals surface area contributed by atoms with Gasteiger partial charge in [0.15, 0.2) is 0 Å². The van der Waals surface area contributed by atoms with Gasteiger partial charge in [-0.25, -0.2) is 18.1 Å². The maximum absolute atomic E-state index is 13.5. The van der Waals surface area contributed by atoms with Crippen LogP contribution in [0.2, 0.25) is 0 Å². The van der Waals surface area contributed by atoms with E-state index in [2.05, 4.69) is 15.0 Å². The Morgan fingerprint density at radius 3 is 2.32 bits per heavy atom. The third-order valence-electron chi connectivity index (χ3n) is 8.04. The largest absolute Gasteiger partial charge is 0.364 e. The number of carbonyl (C=O) groups excluding carboxylic acids is 2. The molecule has 4 aliphatic carbocycles. The molecule has 6 rings (SSSR count). The number of hydrogen-bond acceptors (Lipinski definition) is 5. The number of imidazole rings is 1. The van der Waals surface area contributed by atoms with Gasteiger partial charge in [-0.1, -0.05) is 6.07 Å². The van der Waals surface area contributed by atoms with E-state index in [-0.39, 0.29) is 30.0 Å². The molecule has 0 spiro atoms. The van der Waals surface area contributed by atoms with Gasteiger partial charge in [-0.3, -0.25) is 14.0 Å². The standard InChI is InChI=1S/C24H33N5O4S/c1-14-3-4-19-28-20(22(25)30)18(5-6-27-34(2,32)33)29(19)21(14)23(31)26-13-24-10-15-7-16(11-24)9-17(8-15)12-24/h3-4,15-17,27H,5-13H2,1-2H3,(H2,25,30)(H,26,31). The third kappa shape index (κ3) is 4.33. The van der Waals surface area contributed by atoms with Crippen molar-refractivity contribution in [2.45, 2.75) is 51.9 Å². The average Bonchev–Trinajstić information content (AvgIpc) is 3.09. The van der Waals surface area contributed by atoms with Gasteiger partial charge in [-0.15, -0.1) is 0 Å². The number of nitrogens with two attached hydrogens (primary N) is 1. The predicted molar refractivity (Wildman–Crippen MR) is 128 cm³/mol. The number of carbonyl (C=O) groups is 2. The van der Waals surface area contributed by atoms with Crippen LogP contribution < -0.4 is 15.8 Å². The van der Waals surface area contributed by atoms with E-state index in [1.165, 1.54) is 38.5 Å². The van der Waals surface area contributed by atoms with Gasteiger partial charge < -0.3 is 11.1 Å². The molecule has 2 heterocycles. The Bertz CT molecular complexity index is 1230. The molecule has 184 valence electrons. The fourth-order valence-corrected chi connectivity index (χ4v) is 7.68. The van der Waals surface area contributed by atoms with E-state index in [9.17, 15) is 18.0 Å². The van der Waals surface area contributed by atoms with Crippen LogP contribution in [0, 0.1) is 30.1 Å². The predicted octanol–water partition coefficient (Wildman–Crippen LogP) is 1.78. The van der Waals surface area contributed by atoms with E-state index in [0.717, 1.165) is 29.6 Å². The van der Waals surface area contributed by atoms with Crippen molar-refractivity contribution in [2.75, 3.05) is 19.3 Å². The lowest BCUT2D eigenvalue weighted by atomic mass is 9.49. The average molecular weight is 488 g/mol. The molecule has 4 fully saturated rings. The van der Waals surface area contributed by atoms with Crippen molar-refractivity contribution >= 4 is 27.5 Å². The number of aromatic nitrogens is 2. The second kappa shape index (κ2) is 8.34. The van der Waals surface area contributed by atoms with E-state index >= 15 is 0 Å². The molecule has 2 aromatic heterocycles. The monoisotopic (exact) mass is 487 g/mol. The summed E-state index contributed by atoms with van der Waals surface area (Å²) in [6.45, 7) is 2.57. The van der Waals surface area contributed by atoms with Crippen LogP contribution in [0.3, 0.4) is 0 Å². The number of nitrogens with one attached hydrogen (secondary N) is 2. The first kappa shape index (κ1) is 23.3. The summed E-state index contributed by atoms with van der Waals surface area (Å²) >= 11 is 0. The Labute approximate surface area is 199 Å². The first-order valence-electron chi connectivity index (χ1n) is 12.1. The molecule has 0 radical (unpaired) electrons. The minimum Gasteiger partial charge on any atom is -0.364 e. The van der Waals surface area contributed by atoms with E-state index in [1.54, 1.807) is 10.5 Å².